The Hall–Kier alpha value is -0.410. The smallest absolute Gasteiger partial charge is 0.247 e. The fraction of sp³-hybridized carbons (Fsp3) is 0.692. The van der Waals surface area contributed by atoms with Crippen LogP contribution in [-0.2, 0) is 21.3 Å². The Balaban J connectivity index is 3.15. The molecule has 0 bridgehead atoms. The van der Waals surface area contributed by atoms with Gasteiger partial charge in [0.25, 0.3) is 0 Å². The van der Waals surface area contributed by atoms with Crippen molar-refractivity contribution in [3.8, 4) is 0 Å². The molecule has 6 nitrogen and oxygen atoms in total. The Bertz CT molecular complexity index is 544. The highest BCUT2D eigenvalue weighted by Crippen LogP contribution is 2.30. The SMILES string of the molecule is CCC(C)N(CCOC)S(=O)(=O)c1cc(CNC)oc1Br. The number of nitrogens with zero attached hydrogens (tertiary/aromatic N) is 1. The van der Waals surface area contributed by atoms with Crippen LogP contribution in [0.15, 0.2) is 20.0 Å². The minimum Gasteiger partial charge on any atom is -0.452 e. The Morgan fingerprint density at radius 2 is 2.19 bits per heavy atom. The summed E-state index contributed by atoms with van der Waals surface area (Å²) in [6.07, 6.45) is 0.724. The second-order valence-corrected chi connectivity index (χ2v) is 7.33. The zero-order valence-corrected chi connectivity index (χ0v) is 15.3. The molecule has 0 saturated heterocycles. The van der Waals surface area contributed by atoms with Crippen molar-refractivity contribution >= 4 is 26.0 Å². The van der Waals surface area contributed by atoms with E-state index in [1.54, 1.807) is 20.2 Å². The number of rotatable bonds is 9. The van der Waals surface area contributed by atoms with Gasteiger partial charge in [0.1, 0.15) is 10.7 Å². The van der Waals surface area contributed by atoms with Crippen LogP contribution in [0.1, 0.15) is 26.0 Å². The van der Waals surface area contributed by atoms with Crippen molar-refractivity contribution in [3.63, 3.8) is 0 Å². The third kappa shape index (κ3) is 4.53. The van der Waals surface area contributed by atoms with Crippen molar-refractivity contribution in [1.82, 2.24) is 9.62 Å². The Labute approximate surface area is 135 Å². The molecule has 0 amide bonds. The number of ether oxygens (including phenoxy) is 1. The van der Waals surface area contributed by atoms with E-state index in [0.29, 0.717) is 25.5 Å². The van der Waals surface area contributed by atoms with Crippen molar-refractivity contribution in [3.05, 3.63) is 16.5 Å². The summed E-state index contributed by atoms with van der Waals surface area (Å²) < 4.78 is 37.8. The maximum Gasteiger partial charge on any atom is 0.247 e. The van der Waals surface area contributed by atoms with Gasteiger partial charge in [0, 0.05) is 25.8 Å². The normalized spacial score (nSPS) is 13.8. The van der Waals surface area contributed by atoms with E-state index in [1.165, 1.54) is 4.31 Å². The van der Waals surface area contributed by atoms with Crippen LogP contribution < -0.4 is 5.32 Å². The van der Waals surface area contributed by atoms with E-state index in [4.69, 9.17) is 9.15 Å². The first-order valence-electron chi connectivity index (χ1n) is 6.82. The van der Waals surface area contributed by atoms with E-state index in [2.05, 4.69) is 21.2 Å². The summed E-state index contributed by atoms with van der Waals surface area (Å²) in [5, 5.41) is 2.93. The van der Waals surface area contributed by atoms with E-state index < -0.39 is 10.0 Å². The average molecular weight is 383 g/mol. The summed E-state index contributed by atoms with van der Waals surface area (Å²) in [5.74, 6) is 0.568. The number of sulfonamides is 1. The second-order valence-electron chi connectivity index (χ2n) is 4.75. The van der Waals surface area contributed by atoms with Gasteiger partial charge < -0.3 is 14.5 Å². The maximum atomic E-state index is 12.8. The van der Waals surface area contributed by atoms with Gasteiger partial charge in [0.05, 0.1) is 13.2 Å². The van der Waals surface area contributed by atoms with E-state index in [1.807, 2.05) is 13.8 Å². The molecule has 1 aromatic heterocycles. The zero-order chi connectivity index (χ0) is 16.0. The first kappa shape index (κ1) is 18.6. The van der Waals surface area contributed by atoms with Crippen LogP contribution in [0.5, 0.6) is 0 Å². The lowest BCUT2D eigenvalue weighted by Gasteiger charge is -2.26. The number of hydrogen-bond donors (Lipinski definition) is 1. The van der Waals surface area contributed by atoms with E-state index >= 15 is 0 Å². The average Bonchev–Trinajstić information content (AvgIpc) is 2.80. The molecular weight excluding hydrogens is 360 g/mol. The van der Waals surface area contributed by atoms with Gasteiger partial charge in [-0.25, -0.2) is 8.42 Å². The molecular formula is C13H23BrN2O4S. The largest absolute Gasteiger partial charge is 0.452 e. The monoisotopic (exact) mass is 382 g/mol. The molecule has 122 valence electrons. The summed E-state index contributed by atoms with van der Waals surface area (Å²) in [6, 6.07) is 1.44. The molecule has 0 spiro atoms. The van der Waals surface area contributed by atoms with Crippen LogP contribution in [0, 0.1) is 0 Å². The fourth-order valence-electron chi connectivity index (χ4n) is 1.92. The zero-order valence-electron chi connectivity index (χ0n) is 12.8. The number of furan rings is 1. The number of methoxy groups -OCH3 is 1. The van der Waals surface area contributed by atoms with E-state index in [-0.39, 0.29) is 15.6 Å². The van der Waals surface area contributed by atoms with Crippen LogP contribution in [0.3, 0.4) is 0 Å². The Morgan fingerprint density at radius 1 is 1.52 bits per heavy atom. The van der Waals surface area contributed by atoms with Crippen molar-refractivity contribution in [2.45, 2.75) is 37.8 Å². The lowest BCUT2D eigenvalue weighted by Crippen LogP contribution is -2.40. The van der Waals surface area contributed by atoms with Gasteiger partial charge in [-0.05, 0) is 36.3 Å². The second kappa shape index (κ2) is 8.28. The quantitative estimate of drug-likeness (QED) is 0.708. The van der Waals surface area contributed by atoms with Gasteiger partial charge in [-0.15, -0.1) is 0 Å². The molecule has 0 radical (unpaired) electrons. The van der Waals surface area contributed by atoms with Gasteiger partial charge >= 0.3 is 0 Å². The molecule has 0 aliphatic rings. The highest BCUT2D eigenvalue weighted by molar-refractivity contribution is 9.10. The van der Waals surface area contributed by atoms with E-state index in [0.717, 1.165) is 6.42 Å². The minimum atomic E-state index is -3.63. The molecule has 0 aromatic carbocycles. The molecule has 1 heterocycles. The molecule has 0 aliphatic carbocycles. The van der Waals surface area contributed by atoms with Crippen molar-refractivity contribution in [2.24, 2.45) is 0 Å². The highest BCUT2D eigenvalue weighted by atomic mass is 79.9. The fourth-order valence-corrected chi connectivity index (χ4v) is 4.58. The van der Waals surface area contributed by atoms with Crippen LogP contribution in [-0.4, -0.2) is 46.1 Å². The molecule has 1 unspecified atom stereocenters. The highest BCUT2D eigenvalue weighted by Gasteiger charge is 2.32. The lowest BCUT2D eigenvalue weighted by molar-refractivity contribution is 0.167. The van der Waals surface area contributed by atoms with E-state index in [9.17, 15) is 8.42 Å². The Morgan fingerprint density at radius 3 is 2.71 bits per heavy atom. The van der Waals surface area contributed by atoms with Gasteiger partial charge in [0.15, 0.2) is 4.67 Å². The van der Waals surface area contributed by atoms with Crippen LogP contribution in [0.2, 0.25) is 0 Å². The summed E-state index contributed by atoms with van der Waals surface area (Å²) in [5.41, 5.74) is 0. The predicted octanol–water partition coefficient (Wildman–Crippen LogP) is 2.20. The van der Waals surface area contributed by atoms with Crippen molar-refractivity contribution in [1.29, 1.82) is 0 Å². The molecule has 1 atom stereocenters. The minimum absolute atomic E-state index is 0.111. The van der Waals surface area contributed by atoms with Crippen molar-refractivity contribution in [2.75, 3.05) is 27.3 Å². The molecule has 0 saturated carbocycles. The summed E-state index contributed by atoms with van der Waals surface area (Å²) >= 11 is 3.20. The molecule has 0 fully saturated rings. The van der Waals surface area contributed by atoms with Crippen LogP contribution in [0.25, 0.3) is 0 Å². The summed E-state index contributed by atoms with van der Waals surface area (Å²) in [4.78, 5) is 0.157. The van der Waals surface area contributed by atoms with Gasteiger partial charge in [0.2, 0.25) is 10.0 Å². The van der Waals surface area contributed by atoms with Gasteiger partial charge in [-0.1, -0.05) is 6.92 Å². The first-order valence-corrected chi connectivity index (χ1v) is 9.05. The van der Waals surface area contributed by atoms with Gasteiger partial charge in [-0.3, -0.25) is 0 Å². The van der Waals surface area contributed by atoms with Gasteiger partial charge in [-0.2, -0.15) is 4.31 Å². The Kier molecular flexibility index (Phi) is 7.35. The first-order chi connectivity index (χ1) is 9.88. The third-order valence-corrected chi connectivity index (χ3v) is 6.11. The number of nitrogens with one attached hydrogen (secondary N) is 1. The van der Waals surface area contributed by atoms with Crippen LogP contribution in [0.4, 0.5) is 0 Å². The molecule has 21 heavy (non-hydrogen) atoms. The van der Waals surface area contributed by atoms with Crippen molar-refractivity contribution < 1.29 is 17.6 Å². The number of halogens is 1. The molecule has 8 heteroatoms. The standard InChI is InChI=1S/C13H23BrN2O4S/c1-5-10(2)16(6-7-19-4)21(17,18)12-8-11(9-15-3)20-13(12)14/h8,10,15H,5-7,9H2,1-4H3. The van der Waals surface area contributed by atoms with Crippen LogP contribution >= 0.6 is 15.9 Å². The summed E-state index contributed by atoms with van der Waals surface area (Å²) in [6.45, 7) is 4.97. The maximum absolute atomic E-state index is 12.8. The number of hydrogen-bond acceptors (Lipinski definition) is 5. The third-order valence-electron chi connectivity index (χ3n) is 3.24. The lowest BCUT2D eigenvalue weighted by atomic mass is 10.3. The topological polar surface area (TPSA) is 71.8 Å². The molecule has 1 rings (SSSR count). The molecule has 1 aromatic rings. The summed E-state index contributed by atoms with van der Waals surface area (Å²) in [7, 11) is -0.300. The molecule has 1 N–H and O–H groups in total. The predicted molar refractivity (Wildman–Crippen MR) is 84.7 cm³/mol. The molecule has 0 aliphatic heterocycles.